The topological polar surface area (TPSA) is 74.2 Å². The van der Waals surface area contributed by atoms with E-state index in [-0.39, 0.29) is 0 Å². The zero-order chi connectivity index (χ0) is 52.6. The first-order chi connectivity index (χ1) is 31.6. The third kappa shape index (κ3) is 35.5. The Bertz CT molecular complexity index is 1980. The molecule has 6 aromatic rings. The van der Waals surface area contributed by atoms with Crippen LogP contribution in [0, 0.1) is 41.5 Å². The van der Waals surface area contributed by atoms with Crippen molar-refractivity contribution in [3.8, 4) is 0 Å². The summed E-state index contributed by atoms with van der Waals surface area (Å²) in [6.45, 7) is 57.6. The van der Waals surface area contributed by atoms with Crippen LogP contribution in [0.3, 0.4) is 0 Å². The predicted molar refractivity (Wildman–Crippen MR) is 313 cm³/mol. The van der Waals surface area contributed by atoms with Gasteiger partial charge in [0, 0.05) is 37.3 Å². The lowest BCUT2D eigenvalue weighted by Crippen LogP contribution is -1.80. The Morgan fingerprint density at radius 3 is 0.742 bits per heavy atom. The van der Waals surface area contributed by atoms with Crippen LogP contribution >= 0.6 is 0 Å². The maximum atomic E-state index is 3.56. The number of benzene rings is 6. The number of aryl methyl sites for hydroxylation is 6. The molecule has 0 atom stereocenters. The van der Waals surface area contributed by atoms with Crippen molar-refractivity contribution in [2.75, 3.05) is 0 Å². The molecule has 0 heterocycles. The van der Waals surface area contributed by atoms with Gasteiger partial charge in [-0.2, -0.15) is 30.6 Å². The van der Waals surface area contributed by atoms with Crippen LogP contribution in [0.1, 0.15) is 158 Å². The summed E-state index contributed by atoms with van der Waals surface area (Å²) in [7, 11) is 0. The molecule has 0 aliphatic carbocycles. The molecule has 0 aromatic heterocycles. The van der Waals surface area contributed by atoms with Crippen molar-refractivity contribution in [1.82, 2.24) is 0 Å². The minimum Gasteiger partial charge on any atom is -0.167 e. The molecule has 0 amide bonds. The zero-order valence-electron chi connectivity index (χ0n) is 46.7. The molecule has 0 fully saturated rings. The van der Waals surface area contributed by atoms with Gasteiger partial charge in [0.05, 0.1) is 0 Å². The fourth-order valence-corrected chi connectivity index (χ4v) is 5.13. The second-order valence-corrected chi connectivity index (χ2v) is 13.4. The van der Waals surface area contributed by atoms with Crippen molar-refractivity contribution < 1.29 is 0 Å². The van der Waals surface area contributed by atoms with E-state index in [0.717, 1.165) is 17.1 Å². The Hall–Kier alpha value is -5.88. The zero-order valence-corrected chi connectivity index (χ0v) is 46.7. The summed E-state index contributed by atoms with van der Waals surface area (Å²) in [5.74, 6) is 0. The molecular formula is C60H96N6. The SMILES string of the molecule is C=NN=C(C)C.C=NN=C(C)C.C=NN=C(C)C.CC.CC.CC.CC.CC.CC.Cc1ccc(C)c2ccccc12.Cc1ccc2cc(C)ccc2c1.Cc1cccc2c(C)cccc12. The van der Waals surface area contributed by atoms with E-state index in [0.29, 0.717) is 0 Å². The molecule has 0 aliphatic rings. The van der Waals surface area contributed by atoms with Crippen LogP contribution in [-0.4, -0.2) is 37.3 Å². The molecule has 0 saturated carbocycles. The molecule has 0 saturated heterocycles. The van der Waals surface area contributed by atoms with Crippen molar-refractivity contribution >= 4 is 69.6 Å². The number of nitrogens with zero attached hydrogens (tertiary/aromatic N) is 6. The molecular weight excluding hydrogens is 805 g/mol. The van der Waals surface area contributed by atoms with Crippen LogP contribution in [0.5, 0.6) is 0 Å². The average molecular weight is 901 g/mol. The van der Waals surface area contributed by atoms with Crippen molar-refractivity contribution in [3.05, 3.63) is 143 Å². The van der Waals surface area contributed by atoms with Gasteiger partial charge in [0.1, 0.15) is 0 Å². The summed E-state index contributed by atoms with van der Waals surface area (Å²) in [5.41, 5.74) is 10.9. The average Bonchev–Trinajstić information content (AvgIpc) is 3.33. The lowest BCUT2D eigenvalue weighted by molar-refractivity contribution is 1.25. The molecule has 0 N–H and O–H groups in total. The number of rotatable bonds is 3. The first-order valence-electron chi connectivity index (χ1n) is 23.9. The highest BCUT2D eigenvalue weighted by Crippen LogP contribution is 2.22. The Labute approximate surface area is 407 Å². The molecule has 0 unspecified atom stereocenters. The van der Waals surface area contributed by atoms with Gasteiger partial charge in [-0.15, -0.1) is 0 Å². The molecule has 0 aliphatic heterocycles. The summed E-state index contributed by atoms with van der Waals surface area (Å²) in [4.78, 5) is 0. The van der Waals surface area contributed by atoms with Gasteiger partial charge in [-0.05, 0) is 138 Å². The third-order valence-electron chi connectivity index (χ3n) is 7.68. The van der Waals surface area contributed by atoms with Gasteiger partial charge >= 0.3 is 0 Å². The first kappa shape index (κ1) is 71.7. The minimum absolute atomic E-state index is 0.935. The largest absolute Gasteiger partial charge is 0.167 e. The van der Waals surface area contributed by atoms with Crippen molar-refractivity contribution in [2.24, 2.45) is 30.6 Å². The van der Waals surface area contributed by atoms with Crippen molar-refractivity contribution in [3.63, 3.8) is 0 Å². The maximum Gasteiger partial charge on any atom is 0.0343 e. The minimum atomic E-state index is 0.935. The fraction of sp³-hybridized carbons (Fsp3) is 0.400. The van der Waals surface area contributed by atoms with E-state index in [9.17, 15) is 0 Å². The Balaban J connectivity index is -0.000000160. The van der Waals surface area contributed by atoms with Gasteiger partial charge < -0.3 is 0 Å². The van der Waals surface area contributed by atoms with E-state index in [4.69, 9.17) is 0 Å². The van der Waals surface area contributed by atoms with Gasteiger partial charge in [0.15, 0.2) is 0 Å². The van der Waals surface area contributed by atoms with Crippen LogP contribution in [0.25, 0.3) is 32.3 Å². The first-order valence-corrected chi connectivity index (χ1v) is 23.9. The van der Waals surface area contributed by atoms with Crippen LogP contribution in [0.15, 0.2) is 140 Å². The van der Waals surface area contributed by atoms with E-state index in [2.05, 4.69) is 201 Å². The maximum absolute atomic E-state index is 3.56. The van der Waals surface area contributed by atoms with Crippen molar-refractivity contribution in [2.45, 2.75) is 166 Å². The predicted octanol–water partition coefficient (Wildman–Crippen LogP) is 19.8. The van der Waals surface area contributed by atoms with E-state index >= 15 is 0 Å². The molecule has 0 spiro atoms. The third-order valence-corrected chi connectivity index (χ3v) is 7.68. The van der Waals surface area contributed by atoms with Crippen molar-refractivity contribution in [1.29, 1.82) is 0 Å². The van der Waals surface area contributed by atoms with E-state index in [1.54, 1.807) is 0 Å². The molecule has 6 heteroatoms. The lowest BCUT2D eigenvalue weighted by atomic mass is 10.0. The summed E-state index contributed by atoms with van der Waals surface area (Å²) in [6, 6.07) is 38.9. The highest BCUT2D eigenvalue weighted by atomic mass is 15.2. The number of hydrogen-bond acceptors (Lipinski definition) is 6. The summed E-state index contributed by atoms with van der Waals surface area (Å²) < 4.78 is 0. The highest BCUT2D eigenvalue weighted by Gasteiger charge is 1.98. The smallest absolute Gasteiger partial charge is 0.0343 e. The fourth-order valence-electron chi connectivity index (χ4n) is 5.13. The molecule has 6 rings (SSSR count). The standard InChI is InChI=1S/3C12H12.3C4H8N2.6C2H6/c1-9-3-5-12-8-10(2)4-6-11(12)7-9;1-9-5-3-8-12-10(2)6-4-7-11(9)12;1-9-7-8-10(2)12-6-4-3-5-11(9)12;3*1-4(2)6-5-3;6*1-2/h3*3-8H,1-2H3;3*3H2,1-2H3;6*1-2H3. The second-order valence-electron chi connectivity index (χ2n) is 13.4. The Morgan fingerprint density at radius 1 is 0.303 bits per heavy atom. The number of fused-ring (bicyclic) bond motifs is 3. The Kier molecular flexibility index (Phi) is 54.5. The summed E-state index contributed by atoms with van der Waals surface area (Å²) >= 11 is 0. The molecule has 6 aromatic carbocycles. The van der Waals surface area contributed by atoms with Crippen LogP contribution < -0.4 is 0 Å². The highest BCUT2D eigenvalue weighted by molar-refractivity contribution is 5.89. The quantitative estimate of drug-likeness (QED) is 0.125. The monoisotopic (exact) mass is 901 g/mol. The molecule has 0 radical (unpaired) electrons. The van der Waals surface area contributed by atoms with E-state index < -0.39 is 0 Å². The normalized spacial score (nSPS) is 8.18. The summed E-state index contributed by atoms with van der Waals surface area (Å²) in [5, 5.41) is 28.6. The van der Waals surface area contributed by atoms with Crippen LogP contribution in [0.2, 0.25) is 0 Å². The van der Waals surface area contributed by atoms with Gasteiger partial charge in [-0.25, -0.2) is 0 Å². The van der Waals surface area contributed by atoms with E-state index in [1.165, 1.54) is 65.7 Å². The molecule has 6 nitrogen and oxygen atoms in total. The number of hydrogen-bond donors (Lipinski definition) is 0. The van der Waals surface area contributed by atoms with Crippen LogP contribution in [0.4, 0.5) is 0 Å². The molecule has 0 bridgehead atoms. The van der Waals surface area contributed by atoms with Gasteiger partial charge in [0.25, 0.3) is 0 Å². The van der Waals surface area contributed by atoms with Gasteiger partial charge in [0.2, 0.25) is 0 Å². The van der Waals surface area contributed by atoms with Gasteiger partial charge in [-0.1, -0.05) is 203 Å². The van der Waals surface area contributed by atoms with E-state index in [1.807, 2.05) is 125 Å². The second kappa shape index (κ2) is 50.1. The lowest BCUT2D eigenvalue weighted by Gasteiger charge is -2.03. The molecule has 366 valence electrons. The van der Waals surface area contributed by atoms with Gasteiger partial charge in [-0.3, -0.25) is 0 Å². The summed E-state index contributed by atoms with van der Waals surface area (Å²) in [6.07, 6.45) is 0. The van der Waals surface area contributed by atoms with Crippen LogP contribution in [-0.2, 0) is 0 Å². The Morgan fingerprint density at radius 2 is 0.530 bits per heavy atom. The molecule has 66 heavy (non-hydrogen) atoms.